The Morgan fingerprint density at radius 1 is 0.459 bits per heavy atom. The van der Waals surface area contributed by atoms with Gasteiger partial charge >= 0.3 is 41.7 Å². The molecule has 0 bridgehead atoms. The summed E-state index contributed by atoms with van der Waals surface area (Å²) in [5, 5.41) is 32.3. The van der Waals surface area contributed by atoms with Crippen molar-refractivity contribution in [3.8, 4) is 0 Å². The molecule has 0 rings (SSSR count). The topological polar surface area (TPSA) is 120 Å². The fraction of sp³-hybridized carbons (Fsp3) is 0.900. The van der Waals surface area contributed by atoms with Crippen LogP contribution in [0.2, 0.25) is 0 Å². The fourth-order valence-electron chi connectivity index (χ4n) is 4.08. The molecule has 0 aromatic carbocycles. The van der Waals surface area contributed by atoms with E-state index in [4.69, 9.17) is 0 Å². The van der Waals surface area contributed by atoms with E-state index in [0.717, 1.165) is 89.9 Å². The zero-order chi connectivity index (χ0) is 28.8. The molecule has 7 heteroatoms. The second-order valence-electron chi connectivity index (χ2n) is 11.1. The normalized spacial score (nSPS) is 15.2. The van der Waals surface area contributed by atoms with Crippen LogP contribution in [0.5, 0.6) is 0 Å². The van der Waals surface area contributed by atoms with E-state index in [0.29, 0.717) is 6.42 Å². The average Bonchev–Trinajstić information content (AvgIpc) is 2.82. The predicted molar refractivity (Wildman–Crippen MR) is 143 cm³/mol. The van der Waals surface area contributed by atoms with E-state index < -0.39 is 34.2 Å². The Bertz CT molecular complexity index is 563. The summed E-state index contributed by atoms with van der Waals surface area (Å²) in [6.07, 6.45) is 13.5. The van der Waals surface area contributed by atoms with Gasteiger partial charge in [0, 0.05) is 34.2 Å². The van der Waals surface area contributed by atoms with Crippen molar-refractivity contribution in [2.24, 2.45) is 16.2 Å². The molecule has 0 N–H and O–H groups in total. The second kappa shape index (κ2) is 24.8. The van der Waals surface area contributed by atoms with E-state index in [1.54, 1.807) is 20.8 Å². The molecular formula is C30H57CeO6. The van der Waals surface area contributed by atoms with E-state index >= 15 is 0 Å². The van der Waals surface area contributed by atoms with Gasteiger partial charge in [-0.1, -0.05) is 120 Å². The largest absolute Gasteiger partial charge is 3.00 e. The van der Waals surface area contributed by atoms with Gasteiger partial charge in [-0.3, -0.25) is 0 Å². The van der Waals surface area contributed by atoms with Gasteiger partial charge in [0.15, 0.2) is 0 Å². The molecule has 0 amide bonds. The molecule has 217 valence electrons. The zero-order valence-corrected chi connectivity index (χ0v) is 28.7. The fourth-order valence-corrected chi connectivity index (χ4v) is 4.08. The third kappa shape index (κ3) is 20.4. The summed E-state index contributed by atoms with van der Waals surface area (Å²) in [6, 6.07) is 0. The van der Waals surface area contributed by atoms with Crippen molar-refractivity contribution in [3.05, 3.63) is 0 Å². The number of unbranched alkanes of at least 4 members (excludes halogenated alkanes) is 4. The maximum atomic E-state index is 10.8. The van der Waals surface area contributed by atoms with Crippen molar-refractivity contribution in [1.82, 2.24) is 0 Å². The standard InChI is InChI=1S/3C10H20O2.Ce/c1-4-6-7-8-10(3,5-2)9(11)12;2*1-4-6-8-10(3,7-5-2)9(11)12;/h3*4-8H2,1-3H3,(H,11,12);/q;;;+3/p-3. The summed E-state index contributed by atoms with van der Waals surface area (Å²) < 4.78 is 0. The SMILES string of the molecule is CCCCC(C)(CCC)C(=O)[O-].CCCCC(C)(CCC)C(=O)[O-].CCCCCC(C)(CC)C(=O)[O-].[Ce+3]. The summed E-state index contributed by atoms with van der Waals surface area (Å²) in [7, 11) is 0. The van der Waals surface area contributed by atoms with Crippen molar-refractivity contribution in [3.63, 3.8) is 0 Å². The quantitative estimate of drug-likeness (QED) is 0.188. The molecule has 0 fully saturated rings. The third-order valence-corrected chi connectivity index (χ3v) is 7.36. The van der Waals surface area contributed by atoms with Gasteiger partial charge in [-0.15, -0.1) is 0 Å². The molecule has 6 nitrogen and oxygen atoms in total. The monoisotopic (exact) mass is 653 g/mol. The molecule has 0 saturated carbocycles. The van der Waals surface area contributed by atoms with Crippen LogP contribution in [0.25, 0.3) is 0 Å². The van der Waals surface area contributed by atoms with Crippen LogP contribution in [0, 0.1) is 58.0 Å². The molecule has 1 radical (unpaired) electrons. The van der Waals surface area contributed by atoms with Gasteiger partial charge in [-0.25, -0.2) is 0 Å². The molecule has 0 aliphatic rings. The Kier molecular flexibility index (Phi) is 29.4. The summed E-state index contributed by atoms with van der Waals surface area (Å²) >= 11 is 0. The number of hydrogen-bond donors (Lipinski definition) is 0. The van der Waals surface area contributed by atoms with Crippen LogP contribution in [0.15, 0.2) is 0 Å². The summed E-state index contributed by atoms with van der Waals surface area (Å²) in [4.78, 5) is 32.3. The van der Waals surface area contributed by atoms with Crippen molar-refractivity contribution in [2.45, 2.75) is 159 Å². The zero-order valence-electron chi connectivity index (χ0n) is 25.6. The Morgan fingerprint density at radius 3 is 0.973 bits per heavy atom. The number of carboxylic acid groups (broad SMARTS) is 3. The molecule has 0 saturated heterocycles. The van der Waals surface area contributed by atoms with E-state index in [-0.39, 0.29) is 41.7 Å². The van der Waals surface area contributed by atoms with Crippen LogP contribution in [0.1, 0.15) is 159 Å². The molecule has 0 aliphatic heterocycles. The minimum Gasteiger partial charge on any atom is -0.550 e. The molecule has 0 heterocycles. The van der Waals surface area contributed by atoms with Crippen LogP contribution < -0.4 is 15.3 Å². The molecule has 0 spiro atoms. The first-order valence-corrected chi connectivity index (χ1v) is 14.3. The Balaban J connectivity index is -0.000000218. The maximum absolute atomic E-state index is 10.8. The first-order valence-electron chi connectivity index (χ1n) is 14.3. The van der Waals surface area contributed by atoms with Gasteiger partial charge in [0.2, 0.25) is 0 Å². The van der Waals surface area contributed by atoms with Crippen molar-refractivity contribution < 1.29 is 71.5 Å². The minimum absolute atomic E-state index is 0. The number of rotatable bonds is 18. The smallest absolute Gasteiger partial charge is 0.550 e. The summed E-state index contributed by atoms with van der Waals surface area (Å²) in [5.74, 6) is -2.68. The first kappa shape index (κ1) is 43.8. The number of aliphatic carboxylic acids is 3. The molecule has 0 aromatic rings. The van der Waals surface area contributed by atoms with Crippen molar-refractivity contribution in [2.75, 3.05) is 0 Å². The molecule has 0 aliphatic carbocycles. The average molecular weight is 654 g/mol. The van der Waals surface area contributed by atoms with Gasteiger partial charge in [0.1, 0.15) is 0 Å². The molecule has 3 unspecified atom stereocenters. The van der Waals surface area contributed by atoms with E-state index in [2.05, 4.69) is 20.8 Å². The number of carbonyl (C=O) groups is 3. The van der Waals surface area contributed by atoms with Gasteiger partial charge in [0.25, 0.3) is 0 Å². The van der Waals surface area contributed by atoms with Crippen molar-refractivity contribution in [1.29, 1.82) is 0 Å². The molecule has 37 heavy (non-hydrogen) atoms. The van der Waals surface area contributed by atoms with Gasteiger partial charge in [-0.2, -0.15) is 0 Å². The Hall–Kier alpha value is -0.213. The van der Waals surface area contributed by atoms with E-state index in [1.165, 1.54) is 0 Å². The van der Waals surface area contributed by atoms with E-state index in [1.807, 2.05) is 20.8 Å². The predicted octanol–water partition coefficient (Wildman–Crippen LogP) is 5.20. The molecular weight excluding hydrogens is 596 g/mol. The van der Waals surface area contributed by atoms with Crippen LogP contribution in [0.4, 0.5) is 0 Å². The maximum Gasteiger partial charge on any atom is 3.00 e. The van der Waals surface area contributed by atoms with Gasteiger partial charge < -0.3 is 29.7 Å². The third-order valence-electron chi connectivity index (χ3n) is 7.36. The minimum atomic E-state index is -0.902. The second-order valence-corrected chi connectivity index (χ2v) is 11.1. The van der Waals surface area contributed by atoms with Gasteiger partial charge in [0.05, 0.1) is 0 Å². The van der Waals surface area contributed by atoms with Gasteiger partial charge in [-0.05, 0) is 38.5 Å². The Morgan fingerprint density at radius 2 is 0.757 bits per heavy atom. The Labute approximate surface area is 262 Å². The summed E-state index contributed by atoms with van der Waals surface area (Å²) in [6.45, 7) is 17.5. The number of carboxylic acids is 3. The number of carbonyl (C=O) groups excluding carboxylic acids is 3. The van der Waals surface area contributed by atoms with Crippen LogP contribution in [-0.4, -0.2) is 17.9 Å². The number of hydrogen-bond acceptors (Lipinski definition) is 6. The van der Waals surface area contributed by atoms with E-state index in [9.17, 15) is 29.7 Å². The van der Waals surface area contributed by atoms with Crippen molar-refractivity contribution >= 4 is 17.9 Å². The van der Waals surface area contributed by atoms with Crippen LogP contribution in [-0.2, 0) is 14.4 Å². The molecule has 3 atom stereocenters. The summed E-state index contributed by atoms with van der Waals surface area (Å²) in [5.41, 5.74) is -1.79. The molecule has 0 aromatic heterocycles. The first-order chi connectivity index (χ1) is 16.7. The van der Waals surface area contributed by atoms with Crippen LogP contribution in [0.3, 0.4) is 0 Å². The van der Waals surface area contributed by atoms with Crippen LogP contribution >= 0.6 is 0 Å².